The number of hydrogen-bond donors (Lipinski definition) is 1. The monoisotopic (exact) mass is 271 g/mol. The van der Waals surface area contributed by atoms with E-state index in [9.17, 15) is 0 Å². The molecule has 1 aromatic rings. The van der Waals surface area contributed by atoms with Gasteiger partial charge in [0.1, 0.15) is 0 Å². The Morgan fingerprint density at radius 1 is 1.20 bits per heavy atom. The van der Waals surface area contributed by atoms with Crippen molar-refractivity contribution in [3.63, 3.8) is 0 Å². The van der Waals surface area contributed by atoms with Crippen LogP contribution in [0.1, 0.15) is 51.1 Å². The molecule has 5 rings (SSSR count). The Morgan fingerprint density at radius 3 is 2.40 bits per heavy atom. The Kier molecular flexibility index (Phi) is 3.06. The fraction of sp³-hybridized carbons (Fsp3) is 0.765. The molecule has 0 aliphatic heterocycles. The molecule has 20 heavy (non-hydrogen) atoms. The fourth-order valence-corrected chi connectivity index (χ4v) is 5.61. The van der Waals surface area contributed by atoms with Crippen LogP contribution in [0.15, 0.2) is 18.3 Å². The number of aromatic nitrogens is 2. The van der Waals surface area contributed by atoms with Crippen molar-refractivity contribution in [2.45, 2.75) is 58.0 Å². The van der Waals surface area contributed by atoms with Gasteiger partial charge in [-0.2, -0.15) is 10.2 Å². The molecule has 0 spiro atoms. The van der Waals surface area contributed by atoms with E-state index in [1.165, 1.54) is 38.5 Å². The summed E-state index contributed by atoms with van der Waals surface area (Å²) in [6.45, 7) is 3.26. The van der Waals surface area contributed by atoms with Crippen molar-refractivity contribution in [2.24, 2.45) is 23.2 Å². The maximum Gasteiger partial charge on any atom is 0.0769 e. The minimum absolute atomic E-state index is 0.580. The Morgan fingerprint density at radius 2 is 1.85 bits per heavy atom. The fourth-order valence-electron chi connectivity index (χ4n) is 5.61. The predicted molar refractivity (Wildman–Crippen MR) is 78.9 cm³/mol. The van der Waals surface area contributed by atoms with Gasteiger partial charge in [-0.1, -0.05) is 0 Å². The maximum atomic E-state index is 4.18. The van der Waals surface area contributed by atoms with Crippen molar-refractivity contribution in [2.75, 3.05) is 0 Å². The van der Waals surface area contributed by atoms with Crippen LogP contribution in [0, 0.1) is 23.2 Å². The smallest absolute Gasteiger partial charge is 0.0769 e. The van der Waals surface area contributed by atoms with Crippen LogP contribution >= 0.6 is 0 Å². The van der Waals surface area contributed by atoms with Crippen molar-refractivity contribution in [3.05, 3.63) is 24.0 Å². The van der Waals surface area contributed by atoms with Crippen LogP contribution in [0.3, 0.4) is 0 Å². The highest BCUT2D eigenvalue weighted by molar-refractivity contribution is 5.06. The molecular formula is C17H25N3. The van der Waals surface area contributed by atoms with Gasteiger partial charge in [0.15, 0.2) is 0 Å². The summed E-state index contributed by atoms with van der Waals surface area (Å²) in [5.41, 5.74) is 1.64. The van der Waals surface area contributed by atoms with Crippen LogP contribution in [0.5, 0.6) is 0 Å². The summed E-state index contributed by atoms with van der Waals surface area (Å²) in [5.74, 6) is 3.09. The lowest BCUT2D eigenvalue weighted by Crippen LogP contribution is -2.54. The summed E-state index contributed by atoms with van der Waals surface area (Å²) in [5, 5.41) is 11.9. The topological polar surface area (TPSA) is 37.8 Å². The molecule has 1 heterocycles. The lowest BCUT2D eigenvalue weighted by molar-refractivity contribution is -0.0707. The maximum absolute atomic E-state index is 4.18. The highest BCUT2D eigenvalue weighted by atomic mass is 15.1. The Balaban J connectivity index is 1.44. The van der Waals surface area contributed by atoms with E-state index >= 15 is 0 Å². The van der Waals surface area contributed by atoms with Crippen LogP contribution in [0.2, 0.25) is 0 Å². The number of hydrogen-bond acceptors (Lipinski definition) is 3. The Bertz CT molecular complexity index is 435. The molecule has 0 saturated heterocycles. The van der Waals surface area contributed by atoms with E-state index in [4.69, 9.17) is 0 Å². The number of rotatable bonds is 4. The zero-order chi connectivity index (χ0) is 13.6. The van der Waals surface area contributed by atoms with E-state index in [2.05, 4.69) is 28.5 Å². The first kappa shape index (κ1) is 12.8. The molecular weight excluding hydrogens is 246 g/mol. The van der Waals surface area contributed by atoms with Gasteiger partial charge in [0.05, 0.1) is 5.69 Å². The Labute approximate surface area is 121 Å². The molecule has 3 heteroatoms. The molecule has 1 atom stereocenters. The van der Waals surface area contributed by atoms with Gasteiger partial charge in [-0.25, -0.2) is 0 Å². The average Bonchev–Trinajstić information content (AvgIpc) is 2.44. The van der Waals surface area contributed by atoms with Crippen molar-refractivity contribution in [1.29, 1.82) is 0 Å². The van der Waals surface area contributed by atoms with Gasteiger partial charge in [-0.3, -0.25) is 0 Å². The summed E-state index contributed by atoms with van der Waals surface area (Å²) >= 11 is 0. The summed E-state index contributed by atoms with van der Waals surface area (Å²) in [6, 6.07) is 4.64. The first-order valence-corrected chi connectivity index (χ1v) is 8.23. The molecule has 0 aromatic carbocycles. The summed E-state index contributed by atoms with van der Waals surface area (Å²) < 4.78 is 0. The van der Waals surface area contributed by atoms with Crippen molar-refractivity contribution < 1.29 is 0 Å². The van der Waals surface area contributed by atoms with Gasteiger partial charge >= 0.3 is 0 Å². The standard InChI is InChI=1S/C17H25N3/c1-12(18-11-16-3-2-4-19-20-16)17-8-13-5-14(9-17)7-15(6-13)10-17/h2-4,12-15,18H,5-11H2,1H3. The summed E-state index contributed by atoms with van der Waals surface area (Å²) in [6.07, 6.45) is 10.7. The number of nitrogens with one attached hydrogen (secondary N) is 1. The third-order valence-corrected chi connectivity index (χ3v) is 6.22. The van der Waals surface area contributed by atoms with E-state index in [1.807, 2.05) is 6.07 Å². The molecule has 4 fully saturated rings. The normalized spacial score (nSPS) is 40.0. The average molecular weight is 271 g/mol. The van der Waals surface area contributed by atoms with Crippen LogP contribution in [0.25, 0.3) is 0 Å². The van der Waals surface area contributed by atoms with Crippen LogP contribution < -0.4 is 5.32 Å². The van der Waals surface area contributed by atoms with Crippen molar-refractivity contribution in [1.82, 2.24) is 15.5 Å². The van der Waals surface area contributed by atoms with Crippen LogP contribution in [-0.4, -0.2) is 16.2 Å². The minimum atomic E-state index is 0.580. The van der Waals surface area contributed by atoms with Gasteiger partial charge in [0, 0.05) is 18.8 Å². The molecule has 1 aromatic heterocycles. The molecule has 3 nitrogen and oxygen atoms in total. The quantitative estimate of drug-likeness (QED) is 0.914. The van der Waals surface area contributed by atoms with Crippen molar-refractivity contribution >= 4 is 0 Å². The first-order chi connectivity index (χ1) is 9.73. The molecule has 108 valence electrons. The predicted octanol–water partition coefficient (Wildman–Crippen LogP) is 3.17. The molecule has 1 N–H and O–H groups in total. The highest BCUT2D eigenvalue weighted by Crippen LogP contribution is 2.61. The van der Waals surface area contributed by atoms with E-state index in [-0.39, 0.29) is 0 Å². The molecule has 4 bridgehead atoms. The molecule has 0 radical (unpaired) electrons. The van der Waals surface area contributed by atoms with Gasteiger partial charge in [-0.05, 0) is 80.8 Å². The SMILES string of the molecule is CC(NCc1cccnn1)C12CC3CC(CC(C3)C1)C2. The minimum Gasteiger partial charge on any atom is -0.308 e. The first-order valence-electron chi connectivity index (χ1n) is 8.23. The van der Waals surface area contributed by atoms with Gasteiger partial charge in [0.25, 0.3) is 0 Å². The second-order valence-electron chi connectivity index (χ2n) is 7.60. The lowest BCUT2D eigenvalue weighted by Gasteiger charge is -2.59. The van der Waals surface area contributed by atoms with Gasteiger partial charge in [0.2, 0.25) is 0 Å². The zero-order valence-electron chi connectivity index (χ0n) is 12.4. The second kappa shape index (κ2) is 4.80. The summed E-state index contributed by atoms with van der Waals surface area (Å²) in [4.78, 5) is 0. The molecule has 1 unspecified atom stereocenters. The highest BCUT2D eigenvalue weighted by Gasteiger charge is 2.52. The lowest BCUT2D eigenvalue weighted by atomic mass is 9.48. The third-order valence-electron chi connectivity index (χ3n) is 6.22. The van der Waals surface area contributed by atoms with E-state index < -0.39 is 0 Å². The largest absolute Gasteiger partial charge is 0.308 e. The van der Waals surface area contributed by atoms with Crippen LogP contribution in [0.4, 0.5) is 0 Å². The molecule has 0 amide bonds. The summed E-state index contributed by atoms with van der Waals surface area (Å²) in [7, 11) is 0. The zero-order valence-corrected chi connectivity index (χ0v) is 12.4. The molecule has 4 saturated carbocycles. The Hall–Kier alpha value is -0.960. The van der Waals surface area contributed by atoms with Gasteiger partial charge < -0.3 is 5.32 Å². The second-order valence-corrected chi connectivity index (χ2v) is 7.60. The molecule has 4 aliphatic rings. The van der Waals surface area contributed by atoms with E-state index in [0.717, 1.165) is 30.0 Å². The van der Waals surface area contributed by atoms with Crippen molar-refractivity contribution in [3.8, 4) is 0 Å². The third kappa shape index (κ3) is 2.16. The van der Waals surface area contributed by atoms with E-state index in [1.54, 1.807) is 6.20 Å². The van der Waals surface area contributed by atoms with E-state index in [0.29, 0.717) is 11.5 Å². The van der Waals surface area contributed by atoms with Gasteiger partial charge in [-0.15, -0.1) is 0 Å². The molecule has 4 aliphatic carbocycles. The van der Waals surface area contributed by atoms with Crippen LogP contribution in [-0.2, 0) is 6.54 Å². The number of nitrogens with zero attached hydrogens (tertiary/aromatic N) is 2.